The molecule has 4 nitrogen and oxygen atoms in total. The largest absolute Gasteiger partial charge is 0.462 e. The van der Waals surface area contributed by atoms with Crippen molar-refractivity contribution < 1.29 is 23.8 Å². The quantitative estimate of drug-likeness (QED) is 0.711. The summed E-state index contributed by atoms with van der Waals surface area (Å²) in [6, 6.07) is 0. The summed E-state index contributed by atoms with van der Waals surface area (Å²) in [7, 11) is 0. The molecule has 8 atom stereocenters. The van der Waals surface area contributed by atoms with Crippen LogP contribution in [0.4, 0.5) is 4.39 Å². The molecule has 1 N–H and O–H groups in total. The molecule has 0 radical (unpaired) electrons. The van der Waals surface area contributed by atoms with Gasteiger partial charge in [-0.1, -0.05) is 25.5 Å². The van der Waals surface area contributed by atoms with Crippen LogP contribution in [0.2, 0.25) is 0 Å². The van der Waals surface area contributed by atoms with E-state index in [4.69, 9.17) is 4.74 Å². The van der Waals surface area contributed by atoms with Crippen LogP contribution in [0.25, 0.3) is 0 Å². The molecule has 0 aliphatic heterocycles. The van der Waals surface area contributed by atoms with Crippen molar-refractivity contribution in [3.8, 4) is 0 Å². The Kier molecular flexibility index (Phi) is 4.02. The first-order valence-electron chi connectivity index (χ1n) is 10.0. The number of ketones is 1. The van der Waals surface area contributed by atoms with Gasteiger partial charge in [-0.3, -0.25) is 9.59 Å². The number of hydrogen-bond acceptors (Lipinski definition) is 4. The highest BCUT2D eigenvalue weighted by Gasteiger charge is 2.71. The molecule has 5 heteroatoms. The number of aliphatic hydroxyl groups is 1. The average molecular weight is 376 g/mol. The zero-order valence-electron chi connectivity index (χ0n) is 16.5. The van der Waals surface area contributed by atoms with Crippen molar-refractivity contribution in [1.82, 2.24) is 0 Å². The van der Waals surface area contributed by atoms with E-state index >= 15 is 4.39 Å². The molecule has 4 aliphatic rings. The maximum atomic E-state index is 16.8. The number of rotatable bonds is 1. The normalized spacial score (nSPS) is 51.1. The molecule has 4 aliphatic carbocycles. The minimum atomic E-state index is -1.82. The molecule has 0 aromatic carbocycles. The number of halogens is 1. The zero-order valence-corrected chi connectivity index (χ0v) is 16.5. The first-order chi connectivity index (χ1) is 12.5. The Balaban J connectivity index is 1.78. The lowest BCUT2D eigenvalue weighted by molar-refractivity contribution is -0.206. The van der Waals surface area contributed by atoms with Crippen molar-refractivity contribution in [2.75, 3.05) is 0 Å². The third-order valence-corrected chi connectivity index (χ3v) is 8.16. The Hall–Kier alpha value is -1.49. The highest BCUT2D eigenvalue weighted by Crippen LogP contribution is 2.68. The van der Waals surface area contributed by atoms with Crippen LogP contribution >= 0.6 is 0 Å². The molecule has 0 heterocycles. The lowest BCUT2D eigenvalue weighted by Crippen LogP contribution is -2.67. The number of aliphatic hydroxyl groups excluding tert-OH is 1. The fraction of sp³-hybridized carbons (Fsp3) is 0.727. The van der Waals surface area contributed by atoms with Crippen LogP contribution in [0.3, 0.4) is 0 Å². The fourth-order valence-corrected chi connectivity index (χ4v) is 6.97. The molecule has 3 saturated carbocycles. The van der Waals surface area contributed by atoms with Crippen LogP contribution in [-0.2, 0) is 14.3 Å². The van der Waals surface area contributed by atoms with Crippen LogP contribution in [0.1, 0.15) is 53.4 Å². The summed E-state index contributed by atoms with van der Waals surface area (Å²) >= 11 is 0. The second-order valence-corrected chi connectivity index (χ2v) is 9.60. The van der Waals surface area contributed by atoms with Gasteiger partial charge in [0.05, 0.1) is 6.10 Å². The summed E-state index contributed by atoms with van der Waals surface area (Å²) in [5.74, 6) is -0.588. The summed E-state index contributed by atoms with van der Waals surface area (Å²) in [4.78, 5) is 23.5. The number of carbonyl (C=O) groups is 2. The molecule has 4 rings (SSSR count). The van der Waals surface area contributed by atoms with Crippen molar-refractivity contribution >= 4 is 11.8 Å². The van der Waals surface area contributed by atoms with Gasteiger partial charge in [-0.05, 0) is 56.6 Å². The number of hydrogen-bond donors (Lipinski definition) is 1. The van der Waals surface area contributed by atoms with Gasteiger partial charge in [-0.2, -0.15) is 0 Å². The molecule has 0 aromatic heterocycles. The van der Waals surface area contributed by atoms with Gasteiger partial charge in [0.2, 0.25) is 0 Å². The predicted octanol–water partition coefficient (Wildman–Crippen LogP) is 3.53. The maximum Gasteiger partial charge on any atom is 0.302 e. The van der Waals surface area contributed by atoms with Crippen LogP contribution in [-0.4, -0.2) is 34.7 Å². The van der Waals surface area contributed by atoms with E-state index in [2.05, 4.69) is 6.92 Å². The minimum Gasteiger partial charge on any atom is -0.462 e. The van der Waals surface area contributed by atoms with Crippen molar-refractivity contribution in [2.24, 2.45) is 28.6 Å². The van der Waals surface area contributed by atoms with Crippen molar-refractivity contribution in [1.29, 1.82) is 0 Å². The molecule has 6 unspecified atom stereocenters. The smallest absolute Gasteiger partial charge is 0.302 e. The molecular weight excluding hydrogens is 347 g/mol. The number of fused-ring (bicyclic) bond motifs is 5. The summed E-state index contributed by atoms with van der Waals surface area (Å²) < 4.78 is 22.5. The van der Waals surface area contributed by atoms with Crippen molar-refractivity contribution in [2.45, 2.75) is 71.3 Å². The van der Waals surface area contributed by atoms with Gasteiger partial charge in [0.1, 0.15) is 6.10 Å². The second kappa shape index (κ2) is 5.76. The molecule has 148 valence electrons. The Bertz CT molecular complexity index is 757. The van der Waals surface area contributed by atoms with Gasteiger partial charge >= 0.3 is 5.97 Å². The van der Waals surface area contributed by atoms with Gasteiger partial charge in [-0.15, -0.1) is 0 Å². The summed E-state index contributed by atoms with van der Waals surface area (Å²) in [6.07, 6.45) is 5.51. The Morgan fingerprint density at radius 3 is 2.70 bits per heavy atom. The van der Waals surface area contributed by atoms with Crippen LogP contribution in [0.15, 0.2) is 23.8 Å². The van der Waals surface area contributed by atoms with Crippen LogP contribution in [0.5, 0.6) is 0 Å². The third-order valence-electron chi connectivity index (χ3n) is 8.16. The number of esters is 1. The number of allylic oxidation sites excluding steroid dienone is 4. The first-order valence-corrected chi connectivity index (χ1v) is 10.0. The lowest BCUT2D eigenvalue weighted by Gasteiger charge is -2.61. The van der Waals surface area contributed by atoms with Crippen molar-refractivity contribution in [3.63, 3.8) is 0 Å². The first kappa shape index (κ1) is 18.9. The topological polar surface area (TPSA) is 63.6 Å². The average Bonchev–Trinajstić information content (AvgIpc) is 2.81. The zero-order chi connectivity index (χ0) is 19.8. The van der Waals surface area contributed by atoms with E-state index in [1.165, 1.54) is 13.0 Å². The SMILES string of the molecule is CC(=O)OC1[C@H](C)CC2C3CCC4=CC(=O)C=CC4(C)[C@@]3(F)C(O)CC21C. The third kappa shape index (κ3) is 2.30. The highest BCUT2D eigenvalue weighted by atomic mass is 19.1. The highest BCUT2D eigenvalue weighted by molar-refractivity contribution is 6.01. The van der Waals surface area contributed by atoms with Gasteiger partial charge in [0.25, 0.3) is 0 Å². The van der Waals surface area contributed by atoms with E-state index in [0.29, 0.717) is 12.8 Å². The summed E-state index contributed by atoms with van der Waals surface area (Å²) in [5.41, 5.74) is -2.42. The molecule has 0 bridgehead atoms. The molecule has 0 aromatic rings. The Morgan fingerprint density at radius 1 is 1.33 bits per heavy atom. The molecule has 0 spiro atoms. The van der Waals surface area contributed by atoms with Crippen LogP contribution < -0.4 is 0 Å². The summed E-state index contributed by atoms with van der Waals surface area (Å²) in [6.45, 7) is 7.33. The monoisotopic (exact) mass is 376 g/mol. The number of ether oxygens (including phenoxy) is 1. The van der Waals surface area contributed by atoms with E-state index < -0.39 is 22.6 Å². The lowest BCUT2D eigenvalue weighted by atomic mass is 9.46. The molecule has 27 heavy (non-hydrogen) atoms. The predicted molar refractivity (Wildman–Crippen MR) is 98.5 cm³/mol. The van der Waals surface area contributed by atoms with E-state index in [1.807, 2.05) is 13.8 Å². The van der Waals surface area contributed by atoms with E-state index in [0.717, 1.165) is 12.0 Å². The second-order valence-electron chi connectivity index (χ2n) is 9.60. The number of alkyl halides is 1. The van der Waals surface area contributed by atoms with Gasteiger partial charge in [0, 0.05) is 23.7 Å². The van der Waals surface area contributed by atoms with Crippen LogP contribution in [0, 0.1) is 28.6 Å². The standard InChI is InChI=1S/C22H29FO4/c1-12-9-17-16-6-5-14-10-15(25)7-8-21(14,4)22(16,23)18(26)11-20(17,3)19(12)27-13(2)24/h7-8,10,12,16-19,26H,5-6,9,11H2,1-4H3/t12-,16?,17?,18?,19?,20?,21?,22+/m1/s1. The maximum absolute atomic E-state index is 16.8. The molecule has 0 saturated heterocycles. The minimum absolute atomic E-state index is 0.0367. The van der Waals surface area contributed by atoms with E-state index in [9.17, 15) is 14.7 Å². The van der Waals surface area contributed by atoms with E-state index in [1.54, 1.807) is 12.2 Å². The van der Waals surface area contributed by atoms with Crippen molar-refractivity contribution in [3.05, 3.63) is 23.8 Å². The molecule has 0 amide bonds. The molecular formula is C22H29FO4. The molecule has 3 fully saturated rings. The van der Waals surface area contributed by atoms with E-state index in [-0.39, 0.29) is 42.0 Å². The van der Waals surface area contributed by atoms with Gasteiger partial charge in [0.15, 0.2) is 11.5 Å². The van der Waals surface area contributed by atoms with Gasteiger partial charge < -0.3 is 9.84 Å². The van der Waals surface area contributed by atoms with Gasteiger partial charge in [-0.25, -0.2) is 4.39 Å². The Morgan fingerprint density at radius 2 is 2.04 bits per heavy atom. The summed E-state index contributed by atoms with van der Waals surface area (Å²) in [5, 5.41) is 11.1. The number of carbonyl (C=O) groups excluding carboxylic acids is 2. The fourth-order valence-electron chi connectivity index (χ4n) is 6.97. The Labute approximate surface area is 159 Å².